The van der Waals surface area contributed by atoms with Crippen molar-refractivity contribution in [3.8, 4) is 0 Å². The third kappa shape index (κ3) is 8.92. The molecule has 19 heavy (non-hydrogen) atoms. The highest BCUT2D eigenvalue weighted by molar-refractivity contribution is 4.59. The summed E-state index contributed by atoms with van der Waals surface area (Å²) in [5, 5.41) is 0. The van der Waals surface area contributed by atoms with E-state index >= 15 is 0 Å². The second-order valence-electron chi connectivity index (χ2n) is 6.23. The van der Waals surface area contributed by atoms with Gasteiger partial charge in [0.15, 0.2) is 0 Å². The summed E-state index contributed by atoms with van der Waals surface area (Å²) in [5.74, 6) is 0. The number of unbranched alkanes of at least 4 members (excludes halogenated alkanes) is 7. The van der Waals surface area contributed by atoms with E-state index < -0.39 is 0 Å². The molecule has 0 saturated carbocycles. The molecule has 1 aliphatic heterocycles. The minimum Gasteiger partial charge on any atom is -1.00 e. The van der Waals surface area contributed by atoms with Gasteiger partial charge in [-0.3, -0.25) is 0 Å². The van der Waals surface area contributed by atoms with E-state index in [2.05, 4.69) is 13.8 Å². The van der Waals surface area contributed by atoms with Gasteiger partial charge in [0.2, 0.25) is 0 Å². The zero-order chi connectivity index (χ0) is 13.1. The van der Waals surface area contributed by atoms with E-state index in [-0.39, 0.29) is 12.4 Å². The van der Waals surface area contributed by atoms with Gasteiger partial charge < -0.3 is 17.3 Å². The van der Waals surface area contributed by atoms with Gasteiger partial charge in [-0.25, -0.2) is 0 Å². The Morgan fingerprint density at radius 2 is 1.47 bits per heavy atom. The Bertz CT molecular complexity index is 184. The molecule has 0 aromatic carbocycles. The molecule has 1 N–H and O–H groups in total. The van der Waals surface area contributed by atoms with Gasteiger partial charge >= 0.3 is 0 Å². The van der Waals surface area contributed by atoms with Crippen LogP contribution in [0.1, 0.15) is 90.9 Å². The first-order chi connectivity index (χ1) is 8.88. The first-order valence-corrected chi connectivity index (χ1v) is 8.73. The molecule has 2 atom stereocenters. The lowest BCUT2D eigenvalue weighted by Gasteiger charge is -2.32. The van der Waals surface area contributed by atoms with E-state index in [4.69, 9.17) is 0 Å². The normalized spacial score (nSPS) is 23.1. The second-order valence-corrected chi connectivity index (χ2v) is 6.23. The smallest absolute Gasteiger partial charge is 0.0872 e. The Morgan fingerprint density at radius 1 is 0.842 bits per heavy atom. The largest absolute Gasteiger partial charge is 1.00 e. The predicted molar refractivity (Wildman–Crippen MR) is 81.2 cm³/mol. The fourth-order valence-corrected chi connectivity index (χ4v) is 3.46. The molecule has 116 valence electrons. The van der Waals surface area contributed by atoms with Crippen molar-refractivity contribution in [2.75, 3.05) is 13.1 Å². The zero-order valence-corrected chi connectivity index (χ0v) is 14.1. The van der Waals surface area contributed by atoms with Crippen molar-refractivity contribution in [2.45, 2.75) is 96.9 Å². The van der Waals surface area contributed by atoms with Gasteiger partial charge in [0.1, 0.15) is 0 Å². The van der Waals surface area contributed by atoms with E-state index in [1.807, 2.05) is 4.90 Å². The number of rotatable bonds is 10. The molecular weight excluding hydrogens is 254 g/mol. The molecule has 1 heterocycles. The van der Waals surface area contributed by atoms with Gasteiger partial charge in [-0.1, -0.05) is 52.4 Å². The first-order valence-electron chi connectivity index (χ1n) is 8.73. The van der Waals surface area contributed by atoms with E-state index in [1.54, 1.807) is 0 Å². The third-order valence-electron chi connectivity index (χ3n) is 4.72. The summed E-state index contributed by atoms with van der Waals surface area (Å²) in [4.78, 5) is 1.93. The van der Waals surface area contributed by atoms with Gasteiger partial charge in [0.25, 0.3) is 0 Å². The maximum atomic E-state index is 2.38. The summed E-state index contributed by atoms with van der Waals surface area (Å²) < 4.78 is 0. The average Bonchev–Trinajstić information content (AvgIpc) is 2.42. The molecule has 0 aliphatic carbocycles. The minimum absolute atomic E-state index is 0. The first kappa shape index (κ1) is 19.2. The van der Waals surface area contributed by atoms with Crippen molar-refractivity contribution in [1.29, 1.82) is 0 Å². The van der Waals surface area contributed by atoms with Gasteiger partial charge in [0.05, 0.1) is 19.1 Å². The highest BCUT2D eigenvalue weighted by atomic mass is 35.5. The van der Waals surface area contributed by atoms with Crippen LogP contribution in [-0.2, 0) is 0 Å². The maximum Gasteiger partial charge on any atom is 0.0872 e. The Labute approximate surface area is 127 Å². The number of hydrogen-bond acceptors (Lipinski definition) is 0. The highest BCUT2D eigenvalue weighted by Gasteiger charge is 2.23. The SMILES string of the molecule is CCCCCCCCCC[NH+]1CCCCC1CC.[Cl-]. The summed E-state index contributed by atoms with van der Waals surface area (Å²) in [7, 11) is 0. The molecule has 0 aromatic rings. The standard InChI is InChI=1S/C17H35N.ClH/c1-3-5-6-7-8-9-10-12-15-18-16-13-11-14-17(18)4-2;/h17H,3-16H2,1-2H3;1H. The molecule has 0 spiro atoms. The molecule has 1 fully saturated rings. The fraction of sp³-hybridized carbons (Fsp3) is 1.00. The minimum atomic E-state index is 0. The fourth-order valence-electron chi connectivity index (χ4n) is 3.46. The number of piperidine rings is 1. The van der Waals surface area contributed by atoms with E-state index in [1.165, 1.54) is 90.1 Å². The van der Waals surface area contributed by atoms with Gasteiger partial charge in [0, 0.05) is 0 Å². The van der Waals surface area contributed by atoms with Crippen molar-refractivity contribution in [1.82, 2.24) is 0 Å². The Hall–Kier alpha value is 0.250. The summed E-state index contributed by atoms with van der Waals surface area (Å²) >= 11 is 0. The van der Waals surface area contributed by atoms with Crippen LogP contribution in [0.3, 0.4) is 0 Å². The molecule has 1 aliphatic rings. The number of halogens is 1. The van der Waals surface area contributed by atoms with Crippen LogP contribution < -0.4 is 17.3 Å². The molecule has 1 saturated heterocycles. The number of likely N-dealkylation sites (tertiary alicyclic amines) is 1. The van der Waals surface area contributed by atoms with Crippen LogP contribution >= 0.6 is 0 Å². The van der Waals surface area contributed by atoms with Crippen LogP contribution in [0.25, 0.3) is 0 Å². The van der Waals surface area contributed by atoms with Crippen LogP contribution in [-0.4, -0.2) is 19.1 Å². The number of nitrogens with one attached hydrogen (secondary N) is 1. The lowest BCUT2D eigenvalue weighted by Crippen LogP contribution is -3.16. The van der Waals surface area contributed by atoms with Crippen molar-refractivity contribution in [2.24, 2.45) is 0 Å². The monoisotopic (exact) mass is 289 g/mol. The molecule has 1 rings (SSSR count). The van der Waals surface area contributed by atoms with E-state index in [0.717, 1.165) is 6.04 Å². The molecular formula is C17H36ClN. The van der Waals surface area contributed by atoms with Crippen molar-refractivity contribution in [3.05, 3.63) is 0 Å². The molecule has 1 nitrogen and oxygen atoms in total. The molecule has 0 amide bonds. The van der Waals surface area contributed by atoms with Crippen molar-refractivity contribution < 1.29 is 17.3 Å². The van der Waals surface area contributed by atoms with Crippen LogP contribution in [0.2, 0.25) is 0 Å². The Kier molecular flexibility index (Phi) is 13.4. The zero-order valence-electron chi connectivity index (χ0n) is 13.4. The molecule has 2 unspecified atom stereocenters. The number of quaternary nitrogens is 1. The summed E-state index contributed by atoms with van der Waals surface area (Å²) in [6, 6.07) is 0.989. The average molecular weight is 290 g/mol. The van der Waals surface area contributed by atoms with Crippen molar-refractivity contribution in [3.63, 3.8) is 0 Å². The predicted octanol–water partition coefficient (Wildman–Crippen LogP) is 0.979. The molecule has 2 heteroatoms. The summed E-state index contributed by atoms with van der Waals surface area (Å²) in [6.07, 6.45) is 17.5. The number of hydrogen-bond donors (Lipinski definition) is 1. The summed E-state index contributed by atoms with van der Waals surface area (Å²) in [6.45, 7) is 7.58. The van der Waals surface area contributed by atoms with Crippen LogP contribution in [0.4, 0.5) is 0 Å². The highest BCUT2D eigenvalue weighted by Crippen LogP contribution is 2.09. The van der Waals surface area contributed by atoms with E-state index in [9.17, 15) is 0 Å². The van der Waals surface area contributed by atoms with E-state index in [0.29, 0.717) is 0 Å². The van der Waals surface area contributed by atoms with Gasteiger partial charge in [-0.2, -0.15) is 0 Å². The van der Waals surface area contributed by atoms with Crippen LogP contribution in [0.5, 0.6) is 0 Å². The molecule has 0 aromatic heterocycles. The maximum absolute atomic E-state index is 2.38. The Morgan fingerprint density at radius 3 is 2.11 bits per heavy atom. The second kappa shape index (κ2) is 13.2. The molecule has 0 radical (unpaired) electrons. The topological polar surface area (TPSA) is 4.44 Å². The lowest BCUT2D eigenvalue weighted by atomic mass is 9.99. The lowest BCUT2D eigenvalue weighted by molar-refractivity contribution is -0.931. The van der Waals surface area contributed by atoms with Crippen molar-refractivity contribution >= 4 is 0 Å². The van der Waals surface area contributed by atoms with Gasteiger partial charge in [-0.05, 0) is 38.5 Å². The summed E-state index contributed by atoms with van der Waals surface area (Å²) in [5.41, 5.74) is 0. The van der Waals surface area contributed by atoms with Gasteiger partial charge in [-0.15, -0.1) is 0 Å². The third-order valence-corrected chi connectivity index (χ3v) is 4.72. The molecule has 0 bridgehead atoms. The van der Waals surface area contributed by atoms with Crippen LogP contribution in [0, 0.1) is 0 Å². The Balaban J connectivity index is 0.00000324. The quantitative estimate of drug-likeness (QED) is 0.572. The van der Waals surface area contributed by atoms with Crippen LogP contribution in [0.15, 0.2) is 0 Å².